The van der Waals surface area contributed by atoms with Gasteiger partial charge in [-0.2, -0.15) is 0 Å². The Kier molecular flexibility index (Phi) is 7.83. The summed E-state index contributed by atoms with van der Waals surface area (Å²) in [5.74, 6) is 1.16. The molecule has 0 aliphatic carbocycles. The van der Waals surface area contributed by atoms with E-state index in [1.165, 1.54) is 0 Å². The van der Waals surface area contributed by atoms with E-state index in [-0.39, 0.29) is 24.6 Å². The summed E-state index contributed by atoms with van der Waals surface area (Å²) in [5.41, 5.74) is 4.35. The van der Waals surface area contributed by atoms with Crippen LogP contribution < -0.4 is 25.0 Å². The minimum Gasteiger partial charge on any atom is -0.495 e. The fourth-order valence-electron chi connectivity index (χ4n) is 5.18. The predicted molar refractivity (Wildman–Crippen MR) is 167 cm³/mol. The number of benzene rings is 3. The molecule has 1 fully saturated rings. The number of rotatable bonds is 9. The van der Waals surface area contributed by atoms with Crippen molar-refractivity contribution in [3.63, 3.8) is 0 Å². The van der Waals surface area contributed by atoms with Gasteiger partial charge >= 0.3 is 0 Å². The van der Waals surface area contributed by atoms with Crippen LogP contribution in [0, 0.1) is 0 Å². The number of ether oxygens (including phenoxy) is 2. The van der Waals surface area contributed by atoms with Gasteiger partial charge in [0.25, 0.3) is 5.91 Å². The van der Waals surface area contributed by atoms with Crippen LogP contribution in [0.1, 0.15) is 23.5 Å². The molecule has 2 N–H and O–H groups in total. The van der Waals surface area contributed by atoms with Crippen LogP contribution in [-0.2, 0) is 4.79 Å². The molecule has 3 heterocycles. The summed E-state index contributed by atoms with van der Waals surface area (Å²) < 4.78 is 13.4. The van der Waals surface area contributed by atoms with Crippen molar-refractivity contribution in [2.45, 2.75) is 12.1 Å². The summed E-state index contributed by atoms with van der Waals surface area (Å²) in [4.78, 5) is 19.3. The number of carbonyl (C=O) groups excluding carboxylic acids is 1. The molecule has 2 unspecified atom stereocenters. The molecule has 1 amide bonds. The number of hydrogen-bond acceptors (Lipinski definition) is 5. The molecule has 1 aliphatic heterocycles. The van der Waals surface area contributed by atoms with Crippen molar-refractivity contribution in [3.8, 4) is 17.2 Å². The average Bonchev–Trinajstić information content (AvgIpc) is 3.65. The number of carbonyl (C=O) groups is 1. The normalized spacial score (nSPS) is 16.1. The smallest absolute Gasteiger partial charge is 0.262 e. The number of anilines is 2. The van der Waals surface area contributed by atoms with Crippen molar-refractivity contribution in [1.82, 2.24) is 14.9 Å². The van der Waals surface area contributed by atoms with Gasteiger partial charge in [0.1, 0.15) is 17.5 Å². The number of para-hydroxylation sites is 3. The van der Waals surface area contributed by atoms with Gasteiger partial charge in [-0.3, -0.25) is 9.78 Å². The van der Waals surface area contributed by atoms with Crippen LogP contribution in [-0.4, -0.2) is 34.3 Å². The van der Waals surface area contributed by atoms with E-state index in [0.717, 1.165) is 28.5 Å². The fraction of sp³-hybridized carbons (Fsp3) is 0.121. The number of methoxy groups -OCH3 is 1. The summed E-state index contributed by atoms with van der Waals surface area (Å²) in [5, 5.41) is 6.99. The molecule has 0 bridgehead atoms. The van der Waals surface area contributed by atoms with Gasteiger partial charge in [0.2, 0.25) is 0 Å². The van der Waals surface area contributed by atoms with Crippen molar-refractivity contribution in [1.29, 1.82) is 0 Å². The molecule has 2 aromatic heterocycles. The summed E-state index contributed by atoms with van der Waals surface area (Å²) in [7, 11) is 1.67. The number of pyridine rings is 1. The lowest BCUT2D eigenvalue weighted by Crippen LogP contribution is -2.30. The Hall–Kier alpha value is -5.15. The van der Waals surface area contributed by atoms with E-state index in [9.17, 15) is 4.79 Å². The van der Waals surface area contributed by atoms with Crippen LogP contribution in [0.25, 0.3) is 5.69 Å². The molecule has 1 saturated heterocycles. The molecular formula is C33H29N5O3S. The minimum atomic E-state index is -0.243. The third-order valence-electron chi connectivity index (χ3n) is 7.07. The van der Waals surface area contributed by atoms with Crippen molar-refractivity contribution >= 4 is 34.6 Å². The highest BCUT2D eigenvalue weighted by molar-refractivity contribution is 7.80. The maximum absolute atomic E-state index is 12.5. The monoisotopic (exact) mass is 575 g/mol. The van der Waals surface area contributed by atoms with Crippen LogP contribution in [0.2, 0.25) is 0 Å². The van der Waals surface area contributed by atoms with Gasteiger partial charge in [-0.15, -0.1) is 0 Å². The lowest BCUT2D eigenvalue weighted by Gasteiger charge is -2.29. The van der Waals surface area contributed by atoms with Crippen LogP contribution in [0.3, 0.4) is 0 Å². The zero-order valence-corrected chi connectivity index (χ0v) is 23.7. The summed E-state index contributed by atoms with van der Waals surface area (Å²) in [6.07, 6.45) is 3.82. The third-order valence-corrected chi connectivity index (χ3v) is 7.38. The van der Waals surface area contributed by atoms with E-state index in [2.05, 4.69) is 31.2 Å². The van der Waals surface area contributed by atoms with Crippen LogP contribution in [0.5, 0.6) is 11.5 Å². The highest BCUT2D eigenvalue weighted by Crippen LogP contribution is 2.43. The van der Waals surface area contributed by atoms with Crippen molar-refractivity contribution in [3.05, 3.63) is 133 Å². The highest BCUT2D eigenvalue weighted by Gasteiger charge is 2.42. The molecule has 0 radical (unpaired) electrons. The van der Waals surface area contributed by atoms with Crippen LogP contribution >= 0.6 is 12.2 Å². The number of nitrogens with one attached hydrogen (secondary N) is 2. The lowest BCUT2D eigenvalue weighted by atomic mass is 10.0. The van der Waals surface area contributed by atoms with Crippen molar-refractivity contribution in [2.75, 3.05) is 23.9 Å². The number of hydrogen-bond donors (Lipinski definition) is 2. The Morgan fingerprint density at radius 1 is 0.929 bits per heavy atom. The maximum atomic E-state index is 12.5. The van der Waals surface area contributed by atoms with Gasteiger partial charge in [-0.1, -0.05) is 36.4 Å². The van der Waals surface area contributed by atoms with Crippen molar-refractivity contribution in [2.24, 2.45) is 0 Å². The predicted octanol–water partition coefficient (Wildman–Crippen LogP) is 6.08. The molecule has 2 atom stereocenters. The Morgan fingerprint density at radius 2 is 1.69 bits per heavy atom. The number of amides is 1. The lowest BCUT2D eigenvalue weighted by molar-refractivity contribution is -0.118. The zero-order chi connectivity index (χ0) is 28.9. The van der Waals surface area contributed by atoms with Gasteiger partial charge in [-0.05, 0) is 85.0 Å². The molecule has 0 saturated carbocycles. The Labute approximate surface area is 249 Å². The molecule has 5 aromatic rings. The molecule has 1 aliphatic rings. The van der Waals surface area contributed by atoms with Gasteiger partial charge in [-0.25, -0.2) is 0 Å². The standard InChI is InChI=1S/C33H29N5O3S/c1-40-29-15-6-5-13-27(29)37-21-9-14-28(37)32-31(26-12-7-8-20-34-26)36-33(42)38(32)24-18-16-23(17-19-24)35-30(39)22-41-25-10-3-2-4-11-25/h2-21,31-32H,22H2,1H3,(H,35,39)(H,36,42). The molecular weight excluding hydrogens is 546 g/mol. The van der Waals surface area contributed by atoms with E-state index in [1.807, 2.05) is 109 Å². The summed E-state index contributed by atoms with van der Waals surface area (Å²) in [6, 6.07) is 34.4. The SMILES string of the molecule is COc1ccccc1-n1cccc1C1C(c2ccccn2)NC(=S)N1c1ccc(NC(=O)COc2ccccc2)cc1. The summed E-state index contributed by atoms with van der Waals surface area (Å²) >= 11 is 5.91. The first-order chi connectivity index (χ1) is 20.6. The third kappa shape index (κ3) is 5.55. The summed E-state index contributed by atoms with van der Waals surface area (Å²) in [6.45, 7) is -0.0837. The molecule has 9 heteroatoms. The van der Waals surface area contributed by atoms with E-state index < -0.39 is 0 Å². The first kappa shape index (κ1) is 27.0. The molecule has 6 rings (SSSR count). The minimum absolute atomic E-state index is 0.0837. The maximum Gasteiger partial charge on any atom is 0.262 e. The van der Waals surface area contributed by atoms with E-state index >= 15 is 0 Å². The molecule has 0 spiro atoms. The number of nitrogens with zero attached hydrogens (tertiary/aromatic N) is 3. The second kappa shape index (κ2) is 12.2. The van der Waals surface area contributed by atoms with E-state index in [4.69, 9.17) is 21.7 Å². The Morgan fingerprint density at radius 3 is 2.45 bits per heavy atom. The molecule has 8 nitrogen and oxygen atoms in total. The first-order valence-corrected chi connectivity index (χ1v) is 13.9. The largest absolute Gasteiger partial charge is 0.495 e. The Balaban J connectivity index is 1.30. The van der Waals surface area contributed by atoms with Crippen LogP contribution in [0.4, 0.5) is 11.4 Å². The second-order valence-electron chi connectivity index (χ2n) is 9.67. The second-order valence-corrected chi connectivity index (χ2v) is 10.1. The van der Waals surface area contributed by atoms with E-state index in [1.54, 1.807) is 13.3 Å². The number of thiocarbonyl (C=S) groups is 1. The Bertz CT molecular complexity index is 1680. The van der Waals surface area contributed by atoms with Crippen molar-refractivity contribution < 1.29 is 14.3 Å². The molecule has 3 aromatic carbocycles. The van der Waals surface area contributed by atoms with Gasteiger partial charge in [0.05, 0.1) is 24.5 Å². The topological polar surface area (TPSA) is 80.7 Å². The van der Waals surface area contributed by atoms with Gasteiger partial charge in [0.15, 0.2) is 11.7 Å². The quantitative estimate of drug-likeness (QED) is 0.206. The fourth-order valence-corrected chi connectivity index (χ4v) is 5.53. The molecule has 42 heavy (non-hydrogen) atoms. The van der Waals surface area contributed by atoms with Gasteiger partial charge < -0.3 is 29.6 Å². The molecule has 210 valence electrons. The average molecular weight is 576 g/mol. The van der Waals surface area contributed by atoms with Crippen LogP contribution in [0.15, 0.2) is 122 Å². The number of aromatic nitrogens is 2. The van der Waals surface area contributed by atoms with E-state index in [0.29, 0.717) is 16.5 Å². The zero-order valence-electron chi connectivity index (χ0n) is 22.9. The highest BCUT2D eigenvalue weighted by atomic mass is 32.1. The first-order valence-electron chi connectivity index (χ1n) is 13.5. The van der Waals surface area contributed by atoms with Gasteiger partial charge in [0, 0.05) is 29.5 Å².